The molecule has 0 bridgehead atoms. The van der Waals surface area contributed by atoms with Crippen LogP contribution in [0.15, 0.2) is 0 Å². The zero-order valence-electron chi connectivity index (χ0n) is 8.45. The average molecular weight is 229 g/mol. The van der Waals surface area contributed by atoms with E-state index in [0.717, 1.165) is 6.61 Å². The summed E-state index contributed by atoms with van der Waals surface area (Å²) in [6.07, 6.45) is 0. The summed E-state index contributed by atoms with van der Waals surface area (Å²) in [5.74, 6) is 0. The van der Waals surface area contributed by atoms with Crippen LogP contribution in [0.5, 0.6) is 0 Å². The van der Waals surface area contributed by atoms with Crippen LogP contribution in [-0.4, -0.2) is 19.4 Å². The van der Waals surface area contributed by atoms with Crippen LogP contribution < -0.4 is 0 Å². The van der Waals surface area contributed by atoms with E-state index in [4.69, 9.17) is 27.6 Å². The molecule has 0 aromatic heterocycles. The van der Waals surface area contributed by atoms with Crippen LogP contribution in [0.25, 0.3) is 0 Å². The van der Waals surface area contributed by atoms with E-state index in [1.807, 2.05) is 13.1 Å². The fourth-order valence-corrected chi connectivity index (χ4v) is 1.77. The molecular formula is C8H18Cl2OSi. The third-order valence-electron chi connectivity index (χ3n) is 1.40. The zero-order chi connectivity index (χ0) is 9.99. The minimum atomic E-state index is -1.86. The number of rotatable bonds is 3. The summed E-state index contributed by atoms with van der Waals surface area (Å²) < 4.78 is 5.38. The van der Waals surface area contributed by atoms with Gasteiger partial charge < -0.3 is 4.43 Å². The molecule has 0 aromatic carbocycles. The highest BCUT2D eigenvalue weighted by atomic mass is 35.5. The van der Waals surface area contributed by atoms with Crippen molar-refractivity contribution >= 4 is 31.5 Å². The number of alkyl halides is 2. The van der Waals surface area contributed by atoms with Crippen LogP contribution in [0, 0.1) is 5.41 Å². The molecule has 0 atom stereocenters. The molecule has 0 spiro atoms. The van der Waals surface area contributed by atoms with Crippen molar-refractivity contribution in [3.8, 4) is 0 Å². The predicted molar refractivity (Wildman–Crippen MR) is 58.4 cm³/mol. The van der Waals surface area contributed by atoms with Gasteiger partial charge in [-0.3, -0.25) is 0 Å². The van der Waals surface area contributed by atoms with Crippen LogP contribution in [0.4, 0.5) is 0 Å². The van der Waals surface area contributed by atoms with Gasteiger partial charge in [0.25, 0.3) is 0 Å². The molecule has 0 N–H and O–H groups in total. The number of hydrogen-bond acceptors (Lipinski definition) is 1. The molecule has 0 aliphatic carbocycles. The van der Waals surface area contributed by atoms with E-state index in [1.54, 1.807) is 0 Å². The predicted octanol–water partition coefficient (Wildman–Crippen LogP) is 3.60. The molecule has 74 valence electrons. The summed E-state index contributed by atoms with van der Waals surface area (Å²) in [4.78, 5) is 0. The highest BCUT2D eigenvalue weighted by molar-refractivity contribution is 6.87. The van der Waals surface area contributed by atoms with Crippen LogP contribution in [-0.2, 0) is 4.43 Å². The molecule has 0 aromatic rings. The SMILES string of the molecule is CC(C)(C)CO[Si](C)(C)C(Cl)Cl. The van der Waals surface area contributed by atoms with E-state index in [2.05, 4.69) is 20.8 Å². The van der Waals surface area contributed by atoms with Crippen molar-refractivity contribution in [3.05, 3.63) is 0 Å². The first-order valence-electron chi connectivity index (χ1n) is 4.07. The first-order chi connectivity index (χ1) is 5.15. The molecule has 0 amide bonds. The van der Waals surface area contributed by atoms with Gasteiger partial charge in [-0.2, -0.15) is 0 Å². The van der Waals surface area contributed by atoms with Gasteiger partial charge in [0.05, 0.1) is 0 Å². The second kappa shape index (κ2) is 4.31. The van der Waals surface area contributed by atoms with Gasteiger partial charge in [0.15, 0.2) is 0 Å². The Kier molecular flexibility index (Phi) is 4.59. The van der Waals surface area contributed by atoms with Crippen LogP contribution >= 0.6 is 23.2 Å². The summed E-state index contributed by atoms with van der Waals surface area (Å²) in [7, 11) is -1.86. The van der Waals surface area contributed by atoms with Crippen LogP contribution in [0.1, 0.15) is 20.8 Å². The van der Waals surface area contributed by atoms with Crippen molar-refractivity contribution in [3.63, 3.8) is 0 Å². The fourth-order valence-electron chi connectivity index (χ4n) is 0.466. The van der Waals surface area contributed by atoms with Crippen LogP contribution in [0.2, 0.25) is 13.1 Å². The normalized spacial score (nSPS) is 14.0. The van der Waals surface area contributed by atoms with Gasteiger partial charge in [-0.1, -0.05) is 20.8 Å². The molecule has 0 saturated carbocycles. The molecule has 0 aliphatic rings. The standard InChI is InChI=1S/C8H18Cl2OSi/c1-8(2,3)6-11-12(4,5)7(9)10/h7H,6H2,1-5H3. The van der Waals surface area contributed by atoms with Gasteiger partial charge >= 0.3 is 0 Å². The van der Waals surface area contributed by atoms with Crippen molar-refractivity contribution < 1.29 is 4.43 Å². The maximum absolute atomic E-state index is 5.80. The van der Waals surface area contributed by atoms with Gasteiger partial charge in [-0.15, -0.1) is 23.2 Å². The number of hydrogen-bond donors (Lipinski definition) is 0. The molecule has 0 rings (SSSR count). The smallest absolute Gasteiger partial charge is 0.220 e. The fraction of sp³-hybridized carbons (Fsp3) is 1.00. The topological polar surface area (TPSA) is 9.23 Å². The Balaban J connectivity index is 3.93. The lowest BCUT2D eigenvalue weighted by molar-refractivity contribution is 0.190. The maximum atomic E-state index is 5.80. The molecule has 0 unspecified atom stereocenters. The Bertz CT molecular complexity index is 140. The molecule has 4 heteroatoms. The van der Waals surface area contributed by atoms with E-state index in [9.17, 15) is 0 Å². The van der Waals surface area contributed by atoms with Gasteiger partial charge in [-0.05, 0) is 18.5 Å². The van der Waals surface area contributed by atoms with Crippen molar-refractivity contribution in [2.24, 2.45) is 5.41 Å². The average Bonchev–Trinajstić information content (AvgIpc) is 1.82. The molecule has 12 heavy (non-hydrogen) atoms. The maximum Gasteiger partial charge on any atom is 0.220 e. The third-order valence-corrected chi connectivity index (χ3v) is 6.50. The lowest BCUT2D eigenvalue weighted by atomic mass is 9.99. The van der Waals surface area contributed by atoms with Crippen molar-refractivity contribution in [2.45, 2.75) is 38.3 Å². The zero-order valence-corrected chi connectivity index (χ0v) is 11.0. The third kappa shape index (κ3) is 5.41. The Morgan fingerprint density at radius 3 is 1.92 bits per heavy atom. The molecule has 1 nitrogen and oxygen atoms in total. The molecule has 0 aliphatic heterocycles. The highest BCUT2D eigenvalue weighted by Gasteiger charge is 2.32. The van der Waals surface area contributed by atoms with Crippen LogP contribution in [0.3, 0.4) is 0 Å². The molecule has 0 saturated heterocycles. The van der Waals surface area contributed by atoms with E-state index in [-0.39, 0.29) is 9.87 Å². The molecular weight excluding hydrogens is 211 g/mol. The van der Waals surface area contributed by atoms with Gasteiger partial charge in [-0.25, -0.2) is 0 Å². The first-order valence-corrected chi connectivity index (χ1v) is 7.93. The van der Waals surface area contributed by atoms with Gasteiger partial charge in [0.2, 0.25) is 8.32 Å². The van der Waals surface area contributed by atoms with Gasteiger partial charge in [0, 0.05) is 6.61 Å². The number of halogens is 2. The summed E-state index contributed by atoms with van der Waals surface area (Å²) in [5.41, 5.74) is 0.187. The molecule has 0 radical (unpaired) electrons. The monoisotopic (exact) mass is 228 g/mol. The summed E-state index contributed by atoms with van der Waals surface area (Å²) >= 11 is 11.6. The Hall–Kier alpha value is 0.757. The Labute approximate surface area is 86.5 Å². The second-order valence-electron chi connectivity index (χ2n) is 4.75. The summed E-state index contributed by atoms with van der Waals surface area (Å²) in [6.45, 7) is 11.2. The minimum absolute atomic E-state index is 0.187. The van der Waals surface area contributed by atoms with Crippen molar-refractivity contribution in [1.29, 1.82) is 0 Å². The quantitative estimate of drug-likeness (QED) is 0.530. The highest BCUT2D eigenvalue weighted by Crippen LogP contribution is 2.23. The summed E-state index contributed by atoms with van der Waals surface area (Å²) in [5, 5.41) is 0. The van der Waals surface area contributed by atoms with Crippen molar-refractivity contribution in [2.75, 3.05) is 6.61 Å². The lowest BCUT2D eigenvalue weighted by Gasteiger charge is -2.28. The van der Waals surface area contributed by atoms with E-state index in [0.29, 0.717) is 0 Å². The minimum Gasteiger partial charge on any atom is -0.414 e. The van der Waals surface area contributed by atoms with Gasteiger partial charge in [0.1, 0.15) is 4.46 Å². The largest absolute Gasteiger partial charge is 0.414 e. The Morgan fingerprint density at radius 1 is 1.25 bits per heavy atom. The Morgan fingerprint density at radius 2 is 1.67 bits per heavy atom. The van der Waals surface area contributed by atoms with E-state index in [1.165, 1.54) is 0 Å². The van der Waals surface area contributed by atoms with Crippen molar-refractivity contribution in [1.82, 2.24) is 0 Å². The van der Waals surface area contributed by atoms with E-state index < -0.39 is 8.32 Å². The first kappa shape index (κ1) is 12.8. The molecule has 0 fully saturated rings. The summed E-state index contributed by atoms with van der Waals surface area (Å²) in [6, 6.07) is 0. The molecule has 0 heterocycles. The second-order valence-corrected chi connectivity index (χ2v) is 10.7. The lowest BCUT2D eigenvalue weighted by Crippen LogP contribution is -2.40. The van der Waals surface area contributed by atoms with E-state index >= 15 is 0 Å².